The lowest BCUT2D eigenvalue weighted by Crippen LogP contribution is -2.34. The van der Waals surface area contributed by atoms with Crippen molar-refractivity contribution in [2.45, 2.75) is 25.9 Å². The molecular formula is C18H22N2O6S2+2. The molecule has 3 aromatic rings. The summed E-state index contributed by atoms with van der Waals surface area (Å²) in [6.45, 7) is 0.965. The van der Waals surface area contributed by atoms with Gasteiger partial charge in [0, 0.05) is 46.5 Å². The molecule has 0 bridgehead atoms. The molecule has 0 unspecified atom stereocenters. The van der Waals surface area contributed by atoms with Crippen LogP contribution >= 0.6 is 0 Å². The van der Waals surface area contributed by atoms with Gasteiger partial charge in [0.2, 0.25) is 0 Å². The summed E-state index contributed by atoms with van der Waals surface area (Å²) in [4.78, 5) is 0. The summed E-state index contributed by atoms with van der Waals surface area (Å²) < 4.78 is 64.7. The van der Waals surface area contributed by atoms with Crippen molar-refractivity contribution < 1.29 is 35.1 Å². The Kier molecular flexibility index (Phi) is 5.94. The number of hydrogen-bond acceptors (Lipinski definition) is 4. The largest absolute Gasteiger partial charge is 0.286 e. The zero-order valence-corrected chi connectivity index (χ0v) is 16.7. The normalized spacial score (nSPS) is 12.6. The lowest BCUT2D eigenvalue weighted by atomic mass is 10.1. The highest BCUT2D eigenvalue weighted by molar-refractivity contribution is 7.86. The Morgan fingerprint density at radius 3 is 1.43 bits per heavy atom. The number of aromatic nitrogens is 2. The van der Waals surface area contributed by atoms with Gasteiger partial charge in [-0.1, -0.05) is 0 Å². The zero-order valence-electron chi connectivity index (χ0n) is 15.1. The molecular weight excluding hydrogens is 404 g/mol. The molecule has 1 aromatic carbocycles. The average Bonchev–Trinajstić information content (AvgIpc) is 2.59. The van der Waals surface area contributed by atoms with Gasteiger partial charge in [-0.3, -0.25) is 9.11 Å². The first-order valence-electron chi connectivity index (χ1n) is 8.76. The molecule has 0 fully saturated rings. The molecule has 2 heterocycles. The first-order chi connectivity index (χ1) is 13.1. The maximum atomic E-state index is 10.8. The van der Waals surface area contributed by atoms with Gasteiger partial charge in [0.05, 0.1) is 11.5 Å². The maximum absolute atomic E-state index is 10.8. The first kappa shape index (κ1) is 20.6. The summed E-state index contributed by atoms with van der Waals surface area (Å²) >= 11 is 0. The van der Waals surface area contributed by atoms with Crippen LogP contribution in [0.5, 0.6) is 0 Å². The number of nitrogens with zero attached hydrogens (tertiary/aromatic N) is 2. The molecule has 0 aliphatic heterocycles. The van der Waals surface area contributed by atoms with Gasteiger partial charge in [-0.2, -0.15) is 16.8 Å². The standard InChI is InChI=1S/C18H20N2O6S2/c21-27(22,23)11-1-7-19-9-5-17-15(13-19)3-4-16-14-20(10-6-18(16)17)8-2-12-28(24,25)26/h3-6,9-10,13-14H,1-2,7-8,11-12H2/p+2. The fourth-order valence-corrected chi connectivity index (χ4v) is 4.18. The number of rotatable bonds is 8. The third-order valence-electron chi connectivity index (χ3n) is 4.47. The number of pyridine rings is 2. The molecule has 0 amide bonds. The number of benzene rings is 1. The van der Waals surface area contributed by atoms with Gasteiger partial charge in [0.15, 0.2) is 24.8 Å². The van der Waals surface area contributed by atoms with Crippen LogP contribution in [-0.4, -0.2) is 37.4 Å². The Morgan fingerprint density at radius 2 is 1.07 bits per heavy atom. The fourth-order valence-electron chi connectivity index (χ4n) is 3.19. The minimum Gasteiger partial charge on any atom is -0.286 e. The van der Waals surface area contributed by atoms with Gasteiger partial charge >= 0.3 is 0 Å². The third-order valence-corrected chi connectivity index (χ3v) is 6.08. The molecule has 0 atom stereocenters. The molecule has 8 nitrogen and oxygen atoms in total. The highest BCUT2D eigenvalue weighted by Gasteiger charge is 2.12. The molecule has 0 saturated carbocycles. The van der Waals surface area contributed by atoms with E-state index >= 15 is 0 Å². The summed E-state index contributed by atoms with van der Waals surface area (Å²) in [5.41, 5.74) is 0. The molecule has 3 rings (SSSR count). The van der Waals surface area contributed by atoms with E-state index in [0.717, 1.165) is 21.5 Å². The second-order valence-electron chi connectivity index (χ2n) is 6.72. The summed E-state index contributed by atoms with van der Waals surface area (Å²) in [6, 6.07) is 7.88. The van der Waals surface area contributed by atoms with E-state index in [1.54, 1.807) is 0 Å². The number of hydrogen-bond donors (Lipinski definition) is 2. The van der Waals surface area contributed by atoms with Crippen LogP contribution in [0, 0.1) is 0 Å². The number of aryl methyl sites for hydroxylation is 2. The Labute approximate surface area is 163 Å². The lowest BCUT2D eigenvalue weighted by Gasteiger charge is -2.04. The van der Waals surface area contributed by atoms with Crippen molar-refractivity contribution in [2.75, 3.05) is 11.5 Å². The molecule has 150 valence electrons. The topological polar surface area (TPSA) is 117 Å². The lowest BCUT2D eigenvalue weighted by molar-refractivity contribution is -0.695. The minimum atomic E-state index is -3.95. The SMILES string of the molecule is O=S(=O)(O)CCC[n+]1ccc2c(ccc3c[n+](CCCS(=O)(=O)O)ccc32)c1. The van der Waals surface area contributed by atoms with Crippen LogP contribution in [0.1, 0.15) is 12.8 Å². The van der Waals surface area contributed by atoms with Crippen molar-refractivity contribution in [3.63, 3.8) is 0 Å². The van der Waals surface area contributed by atoms with E-state index in [-0.39, 0.29) is 11.5 Å². The fraction of sp³-hybridized carbons (Fsp3) is 0.333. The van der Waals surface area contributed by atoms with E-state index < -0.39 is 20.2 Å². The maximum Gasteiger partial charge on any atom is 0.265 e. The van der Waals surface area contributed by atoms with Crippen LogP contribution in [0.15, 0.2) is 49.1 Å². The Balaban J connectivity index is 1.79. The molecule has 10 heteroatoms. The minimum absolute atomic E-state index is 0.270. The zero-order chi connectivity index (χ0) is 20.4. The van der Waals surface area contributed by atoms with Crippen molar-refractivity contribution >= 4 is 41.8 Å². The Morgan fingerprint density at radius 1 is 0.679 bits per heavy atom. The van der Waals surface area contributed by atoms with E-state index in [1.165, 1.54) is 0 Å². The molecule has 2 N–H and O–H groups in total. The van der Waals surface area contributed by atoms with E-state index in [1.807, 2.05) is 58.2 Å². The highest BCUT2D eigenvalue weighted by Crippen LogP contribution is 2.22. The van der Waals surface area contributed by atoms with Crippen molar-refractivity contribution in [1.82, 2.24) is 0 Å². The second kappa shape index (κ2) is 8.08. The predicted molar refractivity (Wildman–Crippen MR) is 104 cm³/mol. The van der Waals surface area contributed by atoms with Crippen molar-refractivity contribution in [3.8, 4) is 0 Å². The quantitative estimate of drug-likeness (QED) is 0.317. The summed E-state index contributed by atoms with van der Waals surface area (Å²) in [7, 11) is -7.90. The van der Waals surface area contributed by atoms with E-state index in [0.29, 0.717) is 25.9 Å². The predicted octanol–water partition coefficient (Wildman–Crippen LogP) is 1.12. The highest BCUT2D eigenvalue weighted by atomic mass is 32.2. The second-order valence-corrected chi connectivity index (χ2v) is 9.86. The molecule has 0 aliphatic rings. The van der Waals surface area contributed by atoms with Gasteiger partial charge in [-0.15, -0.1) is 0 Å². The van der Waals surface area contributed by atoms with Crippen LogP contribution in [-0.2, 0) is 33.3 Å². The van der Waals surface area contributed by atoms with Crippen LogP contribution in [0.2, 0.25) is 0 Å². The molecule has 0 aliphatic carbocycles. The molecule has 28 heavy (non-hydrogen) atoms. The van der Waals surface area contributed by atoms with E-state index in [4.69, 9.17) is 9.11 Å². The van der Waals surface area contributed by atoms with Crippen molar-refractivity contribution in [3.05, 3.63) is 49.1 Å². The molecule has 0 spiro atoms. The van der Waals surface area contributed by atoms with Gasteiger partial charge in [0.25, 0.3) is 20.2 Å². The van der Waals surface area contributed by atoms with Crippen molar-refractivity contribution in [1.29, 1.82) is 0 Å². The monoisotopic (exact) mass is 426 g/mol. The smallest absolute Gasteiger partial charge is 0.265 e. The third kappa shape index (κ3) is 5.68. The van der Waals surface area contributed by atoms with E-state index in [2.05, 4.69) is 0 Å². The van der Waals surface area contributed by atoms with Crippen molar-refractivity contribution in [2.24, 2.45) is 0 Å². The Bertz CT molecular complexity index is 1130. The summed E-state index contributed by atoms with van der Waals surface area (Å²) in [5.74, 6) is -0.541. The van der Waals surface area contributed by atoms with Gasteiger partial charge in [-0.25, -0.2) is 9.13 Å². The first-order valence-corrected chi connectivity index (χ1v) is 12.0. The van der Waals surface area contributed by atoms with Crippen LogP contribution in [0.25, 0.3) is 21.5 Å². The van der Waals surface area contributed by atoms with Crippen LogP contribution in [0.3, 0.4) is 0 Å². The Hall–Kier alpha value is -2.14. The van der Waals surface area contributed by atoms with Gasteiger partial charge in [-0.05, 0) is 12.1 Å². The molecule has 0 saturated heterocycles. The number of fused-ring (bicyclic) bond motifs is 3. The summed E-state index contributed by atoms with van der Waals surface area (Å²) in [6.07, 6.45) is 8.27. The van der Waals surface area contributed by atoms with Gasteiger partial charge < -0.3 is 0 Å². The molecule has 2 aromatic heterocycles. The van der Waals surface area contributed by atoms with E-state index in [9.17, 15) is 16.8 Å². The summed E-state index contributed by atoms with van der Waals surface area (Å²) in [5, 5.41) is 4.11. The molecule has 0 radical (unpaired) electrons. The van der Waals surface area contributed by atoms with Crippen LogP contribution in [0.4, 0.5) is 0 Å². The van der Waals surface area contributed by atoms with Gasteiger partial charge in [0.1, 0.15) is 13.1 Å². The average molecular weight is 427 g/mol. The van der Waals surface area contributed by atoms with Crippen LogP contribution < -0.4 is 9.13 Å².